The molecule has 0 fully saturated rings. The Kier molecular flexibility index (Phi) is 5.35. The Balaban J connectivity index is 1.93. The zero-order valence-corrected chi connectivity index (χ0v) is 14.1. The highest BCUT2D eigenvalue weighted by Gasteiger charge is 2.08. The van der Waals surface area contributed by atoms with Gasteiger partial charge in [0.05, 0.1) is 11.3 Å². The lowest BCUT2D eigenvalue weighted by molar-refractivity contribution is 0.474. The van der Waals surface area contributed by atoms with Gasteiger partial charge in [0.25, 0.3) is 5.56 Å². The van der Waals surface area contributed by atoms with Gasteiger partial charge in [-0.25, -0.2) is 4.98 Å². The fraction of sp³-hybridized carbons (Fsp3) is 0. The first kappa shape index (κ1) is 17.3. The highest BCUT2D eigenvalue weighted by atomic mass is 35.5. The van der Waals surface area contributed by atoms with Gasteiger partial charge in [0.1, 0.15) is 5.75 Å². The average Bonchev–Trinajstić information content (AvgIpc) is 2.64. The number of hydrogen-bond donors (Lipinski definition) is 3. The van der Waals surface area contributed by atoms with Gasteiger partial charge in [0.15, 0.2) is 0 Å². The molecule has 0 aliphatic heterocycles. The molecule has 3 aromatic rings. The monoisotopic (exact) mass is 368 g/mol. The number of aromatic amines is 1. The normalized spacial score (nSPS) is 11.7. The number of hydrazone groups is 1. The molecule has 8 nitrogen and oxygen atoms in total. The van der Waals surface area contributed by atoms with Crippen LogP contribution in [0.15, 0.2) is 80.9 Å². The first-order valence-electron chi connectivity index (χ1n) is 7.46. The summed E-state index contributed by atoms with van der Waals surface area (Å²) in [6.07, 6.45) is 1.32. The van der Waals surface area contributed by atoms with Crippen molar-refractivity contribution < 1.29 is 5.11 Å². The quantitative estimate of drug-likeness (QED) is 0.282. The van der Waals surface area contributed by atoms with Crippen LogP contribution in [0.1, 0.15) is 5.56 Å². The number of nitrogens with zero attached hydrogens (tertiary/aromatic N) is 4. The maximum absolute atomic E-state index is 11.3. The summed E-state index contributed by atoms with van der Waals surface area (Å²) in [4.78, 5) is 17.6. The van der Waals surface area contributed by atoms with Crippen LogP contribution < -0.4 is 11.0 Å². The van der Waals surface area contributed by atoms with Gasteiger partial charge in [-0.15, -0.1) is 10.2 Å². The lowest BCUT2D eigenvalue weighted by atomic mass is 10.2. The van der Waals surface area contributed by atoms with E-state index in [1.807, 2.05) is 0 Å². The molecule has 26 heavy (non-hydrogen) atoms. The SMILES string of the molecule is O=c1ccnc(N=N/C(=N/Nc2ccc(Cl)cc2)c2ccccc2O)[nH]1. The predicted octanol–water partition coefficient (Wildman–Crippen LogP) is 3.69. The van der Waals surface area contributed by atoms with Gasteiger partial charge < -0.3 is 5.11 Å². The van der Waals surface area contributed by atoms with Crippen molar-refractivity contribution in [3.05, 3.63) is 81.7 Å². The zero-order valence-electron chi connectivity index (χ0n) is 13.3. The molecule has 0 amide bonds. The molecule has 3 rings (SSSR count). The molecule has 0 aliphatic rings. The number of H-pyrrole nitrogens is 1. The number of azo groups is 1. The maximum atomic E-state index is 11.3. The third-order valence-corrected chi connectivity index (χ3v) is 3.43. The molecule has 130 valence electrons. The van der Waals surface area contributed by atoms with Crippen molar-refractivity contribution in [2.75, 3.05) is 5.43 Å². The van der Waals surface area contributed by atoms with E-state index in [9.17, 15) is 9.90 Å². The Morgan fingerprint density at radius 2 is 1.88 bits per heavy atom. The van der Waals surface area contributed by atoms with Crippen LogP contribution in [0.3, 0.4) is 0 Å². The van der Waals surface area contributed by atoms with Crippen molar-refractivity contribution in [2.45, 2.75) is 0 Å². The minimum absolute atomic E-state index is 0.0161. The predicted molar refractivity (Wildman–Crippen MR) is 99.1 cm³/mol. The van der Waals surface area contributed by atoms with E-state index in [-0.39, 0.29) is 23.1 Å². The van der Waals surface area contributed by atoms with E-state index in [2.05, 4.69) is 30.7 Å². The lowest BCUT2D eigenvalue weighted by Gasteiger charge is -2.05. The number of phenolic OH excluding ortho intramolecular Hbond substituents is 1. The number of amidine groups is 1. The van der Waals surface area contributed by atoms with E-state index in [1.54, 1.807) is 42.5 Å². The summed E-state index contributed by atoms with van der Waals surface area (Å²) in [6, 6.07) is 14.7. The zero-order chi connectivity index (χ0) is 18.4. The van der Waals surface area contributed by atoms with Gasteiger partial charge in [-0.2, -0.15) is 5.10 Å². The molecule has 0 bridgehead atoms. The lowest BCUT2D eigenvalue weighted by Crippen LogP contribution is -2.04. The molecule has 0 saturated carbocycles. The second-order valence-corrected chi connectivity index (χ2v) is 5.47. The molecule has 0 saturated heterocycles. The number of aromatic hydroxyl groups is 1. The summed E-state index contributed by atoms with van der Waals surface area (Å²) in [5.41, 5.74) is 3.49. The number of phenols is 1. The van der Waals surface area contributed by atoms with Gasteiger partial charge in [0, 0.05) is 17.3 Å². The second kappa shape index (κ2) is 8.04. The number of hydrogen-bond acceptors (Lipinski definition) is 6. The highest BCUT2D eigenvalue weighted by molar-refractivity contribution is 6.30. The number of benzene rings is 2. The fourth-order valence-corrected chi connectivity index (χ4v) is 2.07. The minimum atomic E-state index is -0.353. The largest absolute Gasteiger partial charge is 0.507 e. The first-order chi connectivity index (χ1) is 12.6. The van der Waals surface area contributed by atoms with Crippen LogP contribution in [0.25, 0.3) is 0 Å². The van der Waals surface area contributed by atoms with Crippen LogP contribution >= 0.6 is 11.6 Å². The smallest absolute Gasteiger partial charge is 0.252 e. The van der Waals surface area contributed by atoms with Crippen LogP contribution in [-0.2, 0) is 0 Å². The molecule has 0 aliphatic carbocycles. The molecule has 0 atom stereocenters. The molecular formula is C17H13ClN6O2. The van der Waals surface area contributed by atoms with Crippen molar-refractivity contribution in [2.24, 2.45) is 15.3 Å². The Bertz CT molecular complexity index is 1010. The number of anilines is 1. The van der Waals surface area contributed by atoms with Gasteiger partial charge in [0.2, 0.25) is 11.8 Å². The standard InChI is InChI=1S/C17H13ClN6O2/c18-11-5-7-12(8-6-11)21-22-16(13-3-1-2-4-14(13)25)23-24-17-19-10-9-15(26)20-17/h1-10,21,25H,(H,19,20,26)/b22-16+,24-23?. The van der Waals surface area contributed by atoms with Crippen LogP contribution in [0.2, 0.25) is 5.02 Å². The van der Waals surface area contributed by atoms with E-state index in [4.69, 9.17) is 11.6 Å². The third-order valence-electron chi connectivity index (χ3n) is 3.18. The number of para-hydroxylation sites is 1. The number of nitrogens with one attached hydrogen (secondary N) is 2. The summed E-state index contributed by atoms with van der Waals surface area (Å²) < 4.78 is 0. The molecule has 9 heteroatoms. The second-order valence-electron chi connectivity index (χ2n) is 5.03. The molecule has 0 spiro atoms. The summed E-state index contributed by atoms with van der Waals surface area (Å²) in [7, 11) is 0. The van der Waals surface area contributed by atoms with Crippen LogP contribution in [0.5, 0.6) is 5.75 Å². The van der Waals surface area contributed by atoms with E-state index < -0.39 is 0 Å². The molecule has 1 aromatic heterocycles. The van der Waals surface area contributed by atoms with E-state index >= 15 is 0 Å². The molecule has 2 aromatic carbocycles. The van der Waals surface area contributed by atoms with Crippen molar-refractivity contribution in [3.63, 3.8) is 0 Å². The molecular weight excluding hydrogens is 356 g/mol. The van der Waals surface area contributed by atoms with Crippen LogP contribution in [0, 0.1) is 0 Å². The first-order valence-corrected chi connectivity index (χ1v) is 7.84. The Morgan fingerprint density at radius 3 is 2.62 bits per heavy atom. The van der Waals surface area contributed by atoms with Crippen molar-refractivity contribution in [1.29, 1.82) is 0 Å². The Hall–Kier alpha value is -3.52. The fourth-order valence-electron chi connectivity index (χ4n) is 1.95. The topological polar surface area (TPSA) is 115 Å². The van der Waals surface area contributed by atoms with Gasteiger partial charge in [-0.1, -0.05) is 23.7 Å². The van der Waals surface area contributed by atoms with Crippen molar-refractivity contribution >= 4 is 29.1 Å². The number of aromatic nitrogens is 2. The van der Waals surface area contributed by atoms with E-state index in [0.717, 1.165) is 0 Å². The summed E-state index contributed by atoms with van der Waals surface area (Å²) >= 11 is 5.86. The molecule has 0 unspecified atom stereocenters. The van der Waals surface area contributed by atoms with E-state index in [0.29, 0.717) is 16.3 Å². The average molecular weight is 369 g/mol. The highest BCUT2D eigenvalue weighted by Crippen LogP contribution is 2.19. The van der Waals surface area contributed by atoms with E-state index in [1.165, 1.54) is 18.3 Å². The van der Waals surface area contributed by atoms with Gasteiger partial charge >= 0.3 is 0 Å². The summed E-state index contributed by atoms with van der Waals surface area (Å²) in [5, 5.41) is 22.7. The Morgan fingerprint density at radius 1 is 1.12 bits per heavy atom. The Labute approximate surface area is 152 Å². The number of rotatable bonds is 4. The van der Waals surface area contributed by atoms with Gasteiger partial charge in [-0.05, 0) is 36.4 Å². The molecule has 0 radical (unpaired) electrons. The summed E-state index contributed by atoms with van der Waals surface area (Å²) in [6.45, 7) is 0. The molecule has 1 heterocycles. The van der Waals surface area contributed by atoms with Crippen molar-refractivity contribution in [3.8, 4) is 5.75 Å². The van der Waals surface area contributed by atoms with Gasteiger partial charge in [-0.3, -0.25) is 15.2 Å². The third kappa shape index (κ3) is 4.52. The van der Waals surface area contributed by atoms with Crippen LogP contribution in [-0.4, -0.2) is 20.9 Å². The maximum Gasteiger partial charge on any atom is 0.252 e. The van der Waals surface area contributed by atoms with Crippen LogP contribution in [0.4, 0.5) is 11.6 Å². The van der Waals surface area contributed by atoms with Crippen molar-refractivity contribution in [1.82, 2.24) is 9.97 Å². The minimum Gasteiger partial charge on any atom is -0.507 e. The summed E-state index contributed by atoms with van der Waals surface area (Å²) in [5.74, 6) is 0.106. The molecule has 3 N–H and O–H groups in total. The number of halogens is 1.